The van der Waals surface area contributed by atoms with E-state index in [-0.39, 0.29) is 17.9 Å². The fourth-order valence-electron chi connectivity index (χ4n) is 2.96. The number of fused-ring (bicyclic) bond motifs is 1. The molecule has 22 heavy (non-hydrogen) atoms. The Kier molecular flexibility index (Phi) is 4.13. The average Bonchev–Trinajstić information content (AvgIpc) is 3.00. The number of hydrogen-bond donors (Lipinski definition) is 1. The SMILES string of the molecule is CCC1C(=O)NCCN1C(=O)C=Cc1ccc2c(c1)CCO2. The van der Waals surface area contributed by atoms with Crippen LogP contribution in [-0.4, -0.2) is 42.5 Å². The number of carbonyl (C=O) groups excluding carboxylic acids is 2. The van der Waals surface area contributed by atoms with E-state index in [2.05, 4.69) is 5.32 Å². The third-order valence-corrected chi connectivity index (χ3v) is 4.13. The summed E-state index contributed by atoms with van der Waals surface area (Å²) >= 11 is 0. The van der Waals surface area contributed by atoms with Crippen LogP contribution in [0, 0.1) is 0 Å². The summed E-state index contributed by atoms with van der Waals surface area (Å²) in [6, 6.07) is 5.56. The number of benzene rings is 1. The van der Waals surface area contributed by atoms with Gasteiger partial charge in [0.2, 0.25) is 11.8 Å². The molecular formula is C17H20N2O3. The summed E-state index contributed by atoms with van der Waals surface area (Å²) in [5.41, 5.74) is 2.16. The highest BCUT2D eigenvalue weighted by atomic mass is 16.5. The van der Waals surface area contributed by atoms with Crippen LogP contribution in [0.4, 0.5) is 0 Å². The predicted octanol–water partition coefficient (Wildman–Crippen LogP) is 1.37. The van der Waals surface area contributed by atoms with Crippen molar-refractivity contribution in [2.24, 2.45) is 0 Å². The van der Waals surface area contributed by atoms with E-state index in [9.17, 15) is 9.59 Å². The van der Waals surface area contributed by atoms with E-state index in [1.165, 1.54) is 5.56 Å². The second-order valence-electron chi connectivity index (χ2n) is 5.55. The van der Waals surface area contributed by atoms with Gasteiger partial charge in [0.1, 0.15) is 11.8 Å². The minimum absolute atomic E-state index is 0.0646. The van der Waals surface area contributed by atoms with Gasteiger partial charge >= 0.3 is 0 Å². The van der Waals surface area contributed by atoms with E-state index >= 15 is 0 Å². The fourth-order valence-corrected chi connectivity index (χ4v) is 2.96. The lowest BCUT2D eigenvalue weighted by atomic mass is 10.1. The molecule has 1 fully saturated rings. The Bertz CT molecular complexity index is 624. The average molecular weight is 300 g/mol. The van der Waals surface area contributed by atoms with Crippen molar-refractivity contribution < 1.29 is 14.3 Å². The van der Waals surface area contributed by atoms with E-state index in [1.54, 1.807) is 17.1 Å². The lowest BCUT2D eigenvalue weighted by molar-refractivity contribution is -0.140. The van der Waals surface area contributed by atoms with Crippen LogP contribution in [0.5, 0.6) is 5.75 Å². The number of amides is 2. The molecule has 5 heteroatoms. The lowest BCUT2D eigenvalue weighted by Crippen LogP contribution is -2.56. The first kappa shape index (κ1) is 14.6. The Hall–Kier alpha value is -2.30. The van der Waals surface area contributed by atoms with Crippen LogP contribution in [0.3, 0.4) is 0 Å². The molecule has 2 amide bonds. The minimum atomic E-state index is -0.362. The Balaban J connectivity index is 1.71. The molecular weight excluding hydrogens is 280 g/mol. The summed E-state index contributed by atoms with van der Waals surface area (Å²) < 4.78 is 5.47. The van der Waals surface area contributed by atoms with Crippen LogP contribution in [0.25, 0.3) is 6.08 Å². The summed E-state index contributed by atoms with van der Waals surface area (Å²) in [5.74, 6) is 0.755. The van der Waals surface area contributed by atoms with Gasteiger partial charge in [-0.1, -0.05) is 13.0 Å². The van der Waals surface area contributed by atoms with Gasteiger partial charge in [0.15, 0.2) is 0 Å². The summed E-state index contributed by atoms with van der Waals surface area (Å²) in [5, 5.41) is 2.80. The van der Waals surface area contributed by atoms with Gasteiger partial charge in [-0.05, 0) is 35.8 Å². The van der Waals surface area contributed by atoms with Gasteiger partial charge in [0.25, 0.3) is 0 Å². The smallest absolute Gasteiger partial charge is 0.247 e. The van der Waals surface area contributed by atoms with Crippen molar-refractivity contribution in [3.05, 3.63) is 35.4 Å². The van der Waals surface area contributed by atoms with Crippen LogP contribution in [0.15, 0.2) is 24.3 Å². The van der Waals surface area contributed by atoms with Gasteiger partial charge in [-0.2, -0.15) is 0 Å². The number of piperazine rings is 1. The first-order valence-corrected chi connectivity index (χ1v) is 7.71. The standard InChI is InChI=1S/C17H20N2O3/c1-2-14-17(21)18-8-9-19(14)16(20)6-4-12-3-5-15-13(11-12)7-10-22-15/h3-6,11,14H,2,7-10H2,1H3,(H,18,21). The van der Waals surface area contributed by atoms with Crippen LogP contribution in [0.2, 0.25) is 0 Å². The molecule has 1 atom stereocenters. The number of hydrogen-bond acceptors (Lipinski definition) is 3. The van der Waals surface area contributed by atoms with Crippen molar-refractivity contribution in [2.75, 3.05) is 19.7 Å². The second kappa shape index (κ2) is 6.22. The Morgan fingerprint density at radius 2 is 2.36 bits per heavy atom. The number of rotatable bonds is 3. The molecule has 2 heterocycles. The van der Waals surface area contributed by atoms with Gasteiger partial charge in [-0.3, -0.25) is 9.59 Å². The zero-order valence-corrected chi connectivity index (χ0v) is 12.7. The molecule has 0 spiro atoms. The van der Waals surface area contributed by atoms with Gasteiger partial charge in [0.05, 0.1) is 6.61 Å². The largest absolute Gasteiger partial charge is 0.493 e. The first-order chi connectivity index (χ1) is 10.7. The van der Waals surface area contributed by atoms with Crippen molar-refractivity contribution in [2.45, 2.75) is 25.8 Å². The molecule has 1 aromatic rings. The van der Waals surface area contributed by atoms with E-state index in [0.29, 0.717) is 19.5 Å². The molecule has 2 aliphatic heterocycles. The highest BCUT2D eigenvalue weighted by molar-refractivity contribution is 5.96. The van der Waals surface area contributed by atoms with Crippen LogP contribution in [0.1, 0.15) is 24.5 Å². The lowest BCUT2D eigenvalue weighted by Gasteiger charge is -2.33. The maximum Gasteiger partial charge on any atom is 0.247 e. The molecule has 1 N–H and O–H groups in total. The molecule has 2 aliphatic rings. The third kappa shape index (κ3) is 2.84. The number of carbonyl (C=O) groups is 2. The summed E-state index contributed by atoms with van der Waals surface area (Å²) in [6.45, 7) is 3.72. The van der Waals surface area contributed by atoms with Crippen molar-refractivity contribution in [1.29, 1.82) is 0 Å². The highest BCUT2D eigenvalue weighted by Gasteiger charge is 2.30. The van der Waals surface area contributed by atoms with Crippen molar-refractivity contribution >= 4 is 17.9 Å². The quantitative estimate of drug-likeness (QED) is 0.858. The topological polar surface area (TPSA) is 58.6 Å². The zero-order valence-electron chi connectivity index (χ0n) is 12.7. The Morgan fingerprint density at radius 1 is 1.50 bits per heavy atom. The monoisotopic (exact) mass is 300 g/mol. The van der Waals surface area contributed by atoms with E-state index in [1.807, 2.05) is 25.1 Å². The summed E-state index contributed by atoms with van der Waals surface area (Å²) in [6.07, 6.45) is 4.90. The second-order valence-corrected chi connectivity index (χ2v) is 5.55. The normalized spacial score (nSPS) is 20.7. The number of nitrogens with zero attached hydrogens (tertiary/aromatic N) is 1. The fraction of sp³-hybridized carbons (Fsp3) is 0.412. The van der Waals surface area contributed by atoms with E-state index < -0.39 is 0 Å². The molecule has 1 unspecified atom stereocenters. The summed E-state index contributed by atoms with van der Waals surface area (Å²) in [4.78, 5) is 25.8. The molecule has 0 saturated carbocycles. The molecule has 1 saturated heterocycles. The molecule has 0 aliphatic carbocycles. The van der Waals surface area contributed by atoms with Gasteiger partial charge < -0.3 is 15.0 Å². The number of nitrogens with one attached hydrogen (secondary N) is 1. The van der Waals surface area contributed by atoms with Crippen molar-refractivity contribution in [3.63, 3.8) is 0 Å². The Morgan fingerprint density at radius 3 is 3.18 bits per heavy atom. The maximum atomic E-state index is 12.4. The van der Waals surface area contributed by atoms with Crippen LogP contribution >= 0.6 is 0 Å². The van der Waals surface area contributed by atoms with Crippen LogP contribution < -0.4 is 10.1 Å². The third-order valence-electron chi connectivity index (χ3n) is 4.13. The van der Waals surface area contributed by atoms with Crippen LogP contribution in [-0.2, 0) is 16.0 Å². The molecule has 5 nitrogen and oxygen atoms in total. The van der Waals surface area contributed by atoms with E-state index in [0.717, 1.165) is 24.3 Å². The van der Waals surface area contributed by atoms with E-state index in [4.69, 9.17) is 4.74 Å². The molecule has 0 radical (unpaired) electrons. The highest BCUT2D eigenvalue weighted by Crippen LogP contribution is 2.26. The number of ether oxygens (including phenoxy) is 1. The molecule has 116 valence electrons. The maximum absolute atomic E-state index is 12.4. The molecule has 0 bridgehead atoms. The predicted molar refractivity (Wildman–Crippen MR) is 83.5 cm³/mol. The van der Waals surface area contributed by atoms with Crippen molar-refractivity contribution in [1.82, 2.24) is 10.2 Å². The molecule has 3 rings (SSSR count). The minimum Gasteiger partial charge on any atom is -0.493 e. The van der Waals surface area contributed by atoms with Gasteiger partial charge in [-0.25, -0.2) is 0 Å². The first-order valence-electron chi connectivity index (χ1n) is 7.71. The van der Waals surface area contributed by atoms with Gasteiger partial charge in [0, 0.05) is 25.6 Å². The summed E-state index contributed by atoms with van der Waals surface area (Å²) in [7, 11) is 0. The molecule has 1 aromatic carbocycles. The Labute approximate surface area is 129 Å². The molecule has 0 aromatic heterocycles. The van der Waals surface area contributed by atoms with Gasteiger partial charge in [-0.15, -0.1) is 0 Å². The zero-order chi connectivity index (χ0) is 15.5. The van der Waals surface area contributed by atoms with Crippen molar-refractivity contribution in [3.8, 4) is 5.75 Å².